The predicted octanol–water partition coefficient (Wildman–Crippen LogP) is -0.0717. The van der Waals surface area contributed by atoms with Gasteiger partial charge in [0.15, 0.2) is 11.5 Å². The average Bonchev–Trinajstić information content (AvgIpc) is 2.77. The van der Waals surface area contributed by atoms with Crippen molar-refractivity contribution >= 4 is 17.5 Å². The normalized spacial score (nSPS) is 24.8. The van der Waals surface area contributed by atoms with Gasteiger partial charge in [-0.1, -0.05) is 0 Å². The highest BCUT2D eigenvalue weighted by Gasteiger charge is 2.42. The van der Waals surface area contributed by atoms with Crippen LogP contribution in [0.15, 0.2) is 12.1 Å². The maximum Gasteiger partial charge on any atom is 0.256 e. The number of ether oxygens (including phenoxy) is 1. The molecule has 2 aliphatic rings. The summed E-state index contributed by atoms with van der Waals surface area (Å²) in [4.78, 5) is 25.9. The number of aliphatic hydroxyl groups is 1. The van der Waals surface area contributed by atoms with Gasteiger partial charge in [-0.2, -0.15) is 0 Å². The molecular weight excluding hydrogens is 264 g/mol. The van der Waals surface area contributed by atoms with Crippen LogP contribution < -0.4 is 10.1 Å². The fourth-order valence-electron chi connectivity index (χ4n) is 2.67. The first-order valence-electron chi connectivity index (χ1n) is 6.22. The molecule has 1 saturated heterocycles. The summed E-state index contributed by atoms with van der Waals surface area (Å²) in [6.07, 6.45) is -0.482. The Hall–Kier alpha value is -2.28. The van der Waals surface area contributed by atoms with Crippen LogP contribution in [0.2, 0.25) is 0 Å². The molecule has 20 heavy (non-hydrogen) atoms. The number of nitrogens with zero attached hydrogens (tertiary/aromatic N) is 1. The van der Waals surface area contributed by atoms with Crippen LogP contribution in [0.5, 0.6) is 11.5 Å². The van der Waals surface area contributed by atoms with Crippen LogP contribution in [-0.4, -0.2) is 52.7 Å². The van der Waals surface area contributed by atoms with E-state index >= 15 is 0 Å². The lowest BCUT2D eigenvalue weighted by atomic mass is 10.1. The van der Waals surface area contributed by atoms with Crippen molar-refractivity contribution in [2.24, 2.45) is 0 Å². The molecule has 0 spiro atoms. The first-order valence-corrected chi connectivity index (χ1v) is 6.22. The number of phenolic OH excluding ortho intramolecular Hbond substituents is 1. The third kappa shape index (κ3) is 1.78. The van der Waals surface area contributed by atoms with Gasteiger partial charge in [-0.05, 0) is 6.07 Å². The second-order valence-electron chi connectivity index (χ2n) is 4.92. The van der Waals surface area contributed by atoms with Crippen molar-refractivity contribution in [3.05, 3.63) is 17.7 Å². The zero-order valence-corrected chi connectivity index (χ0v) is 10.8. The topological polar surface area (TPSA) is 99.1 Å². The number of aliphatic hydroxyl groups excluding tert-OH is 1. The SMILES string of the molecule is COc1cc2c(cc1O)NC(=O)[C@H]1C[C@@H](O)CN1C2=O. The molecule has 0 unspecified atom stereocenters. The predicted molar refractivity (Wildman–Crippen MR) is 68.7 cm³/mol. The second-order valence-corrected chi connectivity index (χ2v) is 4.92. The lowest BCUT2D eigenvalue weighted by Gasteiger charge is -2.19. The fourth-order valence-corrected chi connectivity index (χ4v) is 2.67. The van der Waals surface area contributed by atoms with Gasteiger partial charge in [0, 0.05) is 19.0 Å². The molecule has 106 valence electrons. The van der Waals surface area contributed by atoms with Crippen molar-refractivity contribution in [3.63, 3.8) is 0 Å². The molecule has 0 bridgehead atoms. The minimum Gasteiger partial charge on any atom is -0.504 e. The van der Waals surface area contributed by atoms with Crippen LogP contribution in [0.3, 0.4) is 0 Å². The molecule has 7 nitrogen and oxygen atoms in total. The van der Waals surface area contributed by atoms with Crippen molar-refractivity contribution < 1.29 is 24.5 Å². The van der Waals surface area contributed by atoms with Crippen LogP contribution in [0.4, 0.5) is 5.69 Å². The molecule has 0 saturated carbocycles. The largest absolute Gasteiger partial charge is 0.504 e. The number of hydrogen-bond donors (Lipinski definition) is 3. The standard InChI is InChI=1S/C13H14N2O5/c1-20-11-3-7-8(4-10(11)17)14-12(18)9-2-6(16)5-15(9)13(7)19/h3-4,6,9,16-17H,2,5H2,1H3,(H,14,18)/t6-,9-/m1/s1. The summed E-state index contributed by atoms with van der Waals surface area (Å²) in [6.45, 7) is 0.125. The molecule has 0 radical (unpaired) electrons. The molecule has 3 N–H and O–H groups in total. The van der Waals surface area contributed by atoms with Crippen LogP contribution in [-0.2, 0) is 4.79 Å². The maximum atomic E-state index is 12.5. The van der Waals surface area contributed by atoms with Gasteiger partial charge < -0.3 is 25.2 Å². The molecule has 2 aliphatic heterocycles. The molecular formula is C13H14N2O5. The zero-order chi connectivity index (χ0) is 14.4. The molecule has 2 heterocycles. The van der Waals surface area contributed by atoms with Gasteiger partial charge >= 0.3 is 0 Å². The number of carbonyl (C=O) groups is 2. The number of aromatic hydroxyl groups is 1. The van der Waals surface area contributed by atoms with Gasteiger partial charge in [0.2, 0.25) is 5.91 Å². The third-order valence-corrected chi connectivity index (χ3v) is 3.65. The third-order valence-electron chi connectivity index (χ3n) is 3.65. The first kappa shape index (κ1) is 12.7. The number of anilines is 1. The minimum absolute atomic E-state index is 0.125. The van der Waals surface area contributed by atoms with Crippen molar-refractivity contribution in [2.75, 3.05) is 19.0 Å². The number of methoxy groups -OCH3 is 1. The van der Waals surface area contributed by atoms with Crippen molar-refractivity contribution in [1.82, 2.24) is 4.90 Å². The number of fused-ring (bicyclic) bond motifs is 2. The Bertz CT molecular complexity index is 601. The molecule has 1 fully saturated rings. The van der Waals surface area contributed by atoms with E-state index < -0.39 is 12.1 Å². The van der Waals surface area contributed by atoms with Gasteiger partial charge in [0.05, 0.1) is 24.5 Å². The number of amides is 2. The number of nitrogens with one attached hydrogen (secondary N) is 1. The minimum atomic E-state index is -0.699. The second kappa shape index (κ2) is 4.38. The van der Waals surface area contributed by atoms with E-state index in [-0.39, 0.29) is 47.5 Å². The van der Waals surface area contributed by atoms with Crippen LogP contribution in [0.25, 0.3) is 0 Å². The molecule has 0 aromatic heterocycles. The lowest BCUT2D eigenvalue weighted by Crippen LogP contribution is -2.40. The Balaban J connectivity index is 2.10. The van der Waals surface area contributed by atoms with E-state index in [4.69, 9.17) is 4.74 Å². The van der Waals surface area contributed by atoms with Crippen molar-refractivity contribution in [1.29, 1.82) is 0 Å². The molecule has 1 aromatic carbocycles. The van der Waals surface area contributed by atoms with Crippen molar-refractivity contribution in [2.45, 2.75) is 18.6 Å². The maximum absolute atomic E-state index is 12.5. The van der Waals surface area contributed by atoms with Crippen LogP contribution >= 0.6 is 0 Å². The summed E-state index contributed by atoms with van der Waals surface area (Å²) in [5, 5.41) is 22.0. The average molecular weight is 278 g/mol. The molecule has 1 aromatic rings. The quantitative estimate of drug-likeness (QED) is 0.667. The first-order chi connectivity index (χ1) is 9.51. The van der Waals surface area contributed by atoms with Crippen molar-refractivity contribution in [3.8, 4) is 11.5 Å². The lowest BCUT2D eigenvalue weighted by molar-refractivity contribution is -0.119. The molecule has 2 amide bonds. The highest BCUT2D eigenvalue weighted by molar-refractivity contribution is 6.10. The highest BCUT2D eigenvalue weighted by atomic mass is 16.5. The van der Waals surface area contributed by atoms with E-state index in [1.54, 1.807) is 0 Å². The van der Waals surface area contributed by atoms with E-state index in [2.05, 4.69) is 5.32 Å². The van der Waals surface area contributed by atoms with E-state index in [0.717, 1.165) is 0 Å². The van der Waals surface area contributed by atoms with E-state index in [1.807, 2.05) is 0 Å². The van der Waals surface area contributed by atoms with Crippen LogP contribution in [0.1, 0.15) is 16.8 Å². The highest BCUT2D eigenvalue weighted by Crippen LogP contribution is 2.36. The van der Waals surface area contributed by atoms with Gasteiger partial charge in [-0.25, -0.2) is 0 Å². The van der Waals surface area contributed by atoms with E-state index in [9.17, 15) is 19.8 Å². The number of phenols is 1. The zero-order valence-electron chi connectivity index (χ0n) is 10.8. The Morgan fingerprint density at radius 2 is 2.15 bits per heavy atom. The van der Waals surface area contributed by atoms with Gasteiger partial charge in [-0.3, -0.25) is 9.59 Å². The molecule has 7 heteroatoms. The van der Waals surface area contributed by atoms with Gasteiger partial charge in [0.1, 0.15) is 6.04 Å². The van der Waals surface area contributed by atoms with Crippen LogP contribution in [0, 0.1) is 0 Å². The smallest absolute Gasteiger partial charge is 0.256 e. The summed E-state index contributed by atoms with van der Waals surface area (Å²) in [5.74, 6) is -0.720. The molecule has 0 aliphatic carbocycles. The number of rotatable bonds is 1. The Morgan fingerprint density at radius 1 is 1.40 bits per heavy atom. The summed E-state index contributed by atoms with van der Waals surface area (Å²) in [6, 6.07) is 2.00. The summed E-state index contributed by atoms with van der Waals surface area (Å²) >= 11 is 0. The molecule has 3 rings (SSSR count). The molecule has 2 atom stereocenters. The summed E-state index contributed by atoms with van der Waals surface area (Å²) in [5.41, 5.74) is 0.492. The van der Waals surface area contributed by atoms with E-state index in [1.165, 1.54) is 24.1 Å². The monoisotopic (exact) mass is 278 g/mol. The number of benzene rings is 1. The Labute approximate surface area is 114 Å². The number of hydrogen-bond acceptors (Lipinski definition) is 5. The van der Waals surface area contributed by atoms with Gasteiger partial charge in [0.25, 0.3) is 5.91 Å². The Morgan fingerprint density at radius 3 is 2.85 bits per heavy atom. The van der Waals surface area contributed by atoms with Gasteiger partial charge in [-0.15, -0.1) is 0 Å². The Kier molecular flexibility index (Phi) is 2.79. The summed E-state index contributed by atoms with van der Waals surface area (Å²) in [7, 11) is 1.38. The van der Waals surface area contributed by atoms with E-state index in [0.29, 0.717) is 0 Å². The summed E-state index contributed by atoms with van der Waals surface area (Å²) < 4.78 is 4.98. The fraction of sp³-hybridized carbons (Fsp3) is 0.385. The number of carbonyl (C=O) groups excluding carboxylic acids is 2.